The molecule has 0 bridgehead atoms. The molecule has 1 aromatic heterocycles. The first-order chi connectivity index (χ1) is 7.15. The topological polar surface area (TPSA) is 49.3 Å². The molecule has 0 saturated heterocycles. The molecule has 0 spiro atoms. The highest BCUT2D eigenvalue weighted by molar-refractivity contribution is 7.12. The predicted molar refractivity (Wildman–Crippen MR) is 61.0 cm³/mol. The summed E-state index contributed by atoms with van der Waals surface area (Å²) in [5.41, 5.74) is 0.816. The third-order valence-corrected chi connectivity index (χ3v) is 2.95. The van der Waals surface area contributed by atoms with E-state index in [2.05, 4.69) is 11.2 Å². The Kier molecular flexibility index (Phi) is 4.35. The number of nitrogens with one attached hydrogen (secondary N) is 1. The number of thiophene rings is 1. The molecule has 2 N–H and O–H groups in total. The van der Waals surface area contributed by atoms with Crippen molar-refractivity contribution in [2.24, 2.45) is 0 Å². The molecule has 0 saturated carbocycles. The number of carboxylic acid groups (broad SMARTS) is 1. The van der Waals surface area contributed by atoms with E-state index >= 15 is 0 Å². The van der Waals surface area contributed by atoms with E-state index in [9.17, 15) is 4.79 Å². The minimum Gasteiger partial charge on any atom is -0.477 e. The van der Waals surface area contributed by atoms with Gasteiger partial charge in [-0.3, -0.25) is 0 Å². The number of hydrogen-bond acceptors (Lipinski definition) is 3. The molecule has 0 aliphatic heterocycles. The highest BCUT2D eigenvalue weighted by Crippen LogP contribution is 2.16. The first-order valence-electron chi connectivity index (χ1n) is 4.61. The van der Waals surface area contributed by atoms with Gasteiger partial charge in [0.2, 0.25) is 0 Å². The lowest BCUT2D eigenvalue weighted by atomic mass is 10.2. The van der Waals surface area contributed by atoms with Crippen LogP contribution < -0.4 is 5.32 Å². The summed E-state index contributed by atoms with van der Waals surface area (Å²) in [6.07, 6.45) is 5.82. The molecule has 0 amide bonds. The second kappa shape index (κ2) is 5.54. The molecule has 0 aliphatic rings. The van der Waals surface area contributed by atoms with Crippen LogP contribution >= 0.6 is 11.3 Å². The number of aromatic carboxylic acids is 1. The molecule has 0 radical (unpaired) electrons. The number of carboxylic acids is 1. The van der Waals surface area contributed by atoms with Gasteiger partial charge in [-0.05, 0) is 23.9 Å². The van der Waals surface area contributed by atoms with E-state index < -0.39 is 5.97 Å². The maximum absolute atomic E-state index is 10.8. The summed E-state index contributed by atoms with van der Waals surface area (Å²) >= 11 is 1.24. The minimum atomic E-state index is -0.869. The molecule has 4 heteroatoms. The summed E-state index contributed by atoms with van der Waals surface area (Å²) < 4.78 is 0. The molecule has 15 heavy (non-hydrogen) atoms. The normalized spacial score (nSPS) is 12.0. The van der Waals surface area contributed by atoms with Crippen LogP contribution in [0.3, 0.4) is 0 Å². The monoisotopic (exact) mass is 223 g/mol. The Morgan fingerprint density at radius 2 is 2.53 bits per heavy atom. The van der Waals surface area contributed by atoms with Crippen molar-refractivity contribution in [2.45, 2.75) is 25.9 Å². The van der Waals surface area contributed by atoms with Crippen molar-refractivity contribution in [3.63, 3.8) is 0 Å². The highest BCUT2D eigenvalue weighted by atomic mass is 32.1. The summed E-state index contributed by atoms with van der Waals surface area (Å²) in [6.45, 7) is 2.53. The molecule has 0 aromatic carbocycles. The Labute approximate surface area is 93.1 Å². The molecule has 0 aliphatic carbocycles. The van der Waals surface area contributed by atoms with E-state index in [4.69, 9.17) is 11.5 Å². The summed E-state index contributed by atoms with van der Waals surface area (Å²) in [7, 11) is 0. The Bertz CT molecular complexity index is 378. The minimum absolute atomic E-state index is 0.205. The van der Waals surface area contributed by atoms with Crippen LogP contribution in [0.1, 0.15) is 28.6 Å². The average molecular weight is 223 g/mol. The lowest BCUT2D eigenvalue weighted by Gasteiger charge is -2.09. The van der Waals surface area contributed by atoms with Gasteiger partial charge in [-0.2, -0.15) is 0 Å². The first kappa shape index (κ1) is 11.8. The fourth-order valence-electron chi connectivity index (χ4n) is 1.20. The quantitative estimate of drug-likeness (QED) is 0.750. The van der Waals surface area contributed by atoms with Gasteiger partial charge in [-0.15, -0.1) is 23.7 Å². The Hall–Kier alpha value is -1.31. The van der Waals surface area contributed by atoms with Crippen molar-refractivity contribution < 1.29 is 9.90 Å². The molecule has 1 heterocycles. The zero-order valence-electron chi connectivity index (χ0n) is 8.49. The van der Waals surface area contributed by atoms with Gasteiger partial charge in [-0.1, -0.05) is 0 Å². The first-order valence-corrected chi connectivity index (χ1v) is 5.49. The summed E-state index contributed by atoms with van der Waals surface area (Å²) in [4.78, 5) is 11.2. The molecule has 1 aromatic rings. The lowest BCUT2D eigenvalue weighted by molar-refractivity contribution is 0.0701. The van der Waals surface area contributed by atoms with E-state index in [0.29, 0.717) is 17.8 Å². The lowest BCUT2D eigenvalue weighted by Crippen LogP contribution is -2.25. The van der Waals surface area contributed by atoms with Gasteiger partial charge in [0.25, 0.3) is 0 Å². The van der Waals surface area contributed by atoms with Gasteiger partial charge >= 0.3 is 5.97 Å². The van der Waals surface area contributed by atoms with Crippen molar-refractivity contribution in [3.8, 4) is 12.3 Å². The van der Waals surface area contributed by atoms with Crippen molar-refractivity contribution in [2.75, 3.05) is 0 Å². The van der Waals surface area contributed by atoms with Crippen LogP contribution in [0.2, 0.25) is 0 Å². The Morgan fingerprint density at radius 1 is 1.80 bits per heavy atom. The van der Waals surface area contributed by atoms with Crippen molar-refractivity contribution >= 4 is 17.3 Å². The number of hydrogen-bond donors (Lipinski definition) is 2. The van der Waals surface area contributed by atoms with Gasteiger partial charge in [0.15, 0.2) is 0 Å². The van der Waals surface area contributed by atoms with Crippen LogP contribution in [0.5, 0.6) is 0 Å². The molecule has 0 fully saturated rings. The van der Waals surface area contributed by atoms with Gasteiger partial charge < -0.3 is 10.4 Å². The van der Waals surface area contributed by atoms with Crippen LogP contribution in [-0.4, -0.2) is 17.1 Å². The fourth-order valence-corrected chi connectivity index (χ4v) is 1.96. The van der Waals surface area contributed by atoms with E-state index in [1.807, 2.05) is 13.0 Å². The number of terminal acetylenes is 1. The van der Waals surface area contributed by atoms with Crippen molar-refractivity contribution in [1.29, 1.82) is 0 Å². The number of carbonyl (C=O) groups is 1. The van der Waals surface area contributed by atoms with Crippen LogP contribution in [0.4, 0.5) is 0 Å². The fraction of sp³-hybridized carbons (Fsp3) is 0.364. The van der Waals surface area contributed by atoms with Gasteiger partial charge in [0, 0.05) is 19.0 Å². The average Bonchev–Trinajstić information content (AvgIpc) is 2.63. The summed E-state index contributed by atoms with van der Waals surface area (Å²) in [5, 5.41) is 13.8. The standard InChI is InChI=1S/C11H13NO2S/c1-3-4-8(2)12-7-9-5-6-15-10(9)11(13)14/h1,5-6,8,12H,4,7H2,2H3,(H,13,14). The zero-order valence-corrected chi connectivity index (χ0v) is 9.30. The largest absolute Gasteiger partial charge is 0.477 e. The maximum Gasteiger partial charge on any atom is 0.346 e. The van der Waals surface area contributed by atoms with Crippen molar-refractivity contribution in [1.82, 2.24) is 5.32 Å². The van der Waals surface area contributed by atoms with E-state index in [0.717, 1.165) is 5.56 Å². The molecule has 80 valence electrons. The molecular formula is C11H13NO2S. The van der Waals surface area contributed by atoms with E-state index in [1.54, 1.807) is 5.38 Å². The van der Waals surface area contributed by atoms with Crippen LogP contribution in [0.15, 0.2) is 11.4 Å². The Balaban J connectivity index is 2.54. The highest BCUT2D eigenvalue weighted by Gasteiger charge is 2.11. The summed E-state index contributed by atoms with van der Waals surface area (Å²) in [6, 6.07) is 2.03. The van der Waals surface area contributed by atoms with Gasteiger partial charge in [0.1, 0.15) is 4.88 Å². The van der Waals surface area contributed by atoms with Crippen LogP contribution in [0, 0.1) is 12.3 Å². The van der Waals surface area contributed by atoms with Crippen LogP contribution in [0.25, 0.3) is 0 Å². The zero-order chi connectivity index (χ0) is 11.3. The molecule has 1 rings (SSSR count). The van der Waals surface area contributed by atoms with E-state index in [1.165, 1.54) is 11.3 Å². The second-order valence-corrected chi connectivity index (χ2v) is 4.19. The van der Waals surface area contributed by atoms with Gasteiger partial charge in [0.05, 0.1) is 0 Å². The molecule has 1 unspecified atom stereocenters. The van der Waals surface area contributed by atoms with Crippen molar-refractivity contribution in [3.05, 3.63) is 21.9 Å². The maximum atomic E-state index is 10.8. The SMILES string of the molecule is C#CCC(C)NCc1ccsc1C(=O)O. The number of rotatable bonds is 5. The Morgan fingerprint density at radius 3 is 3.13 bits per heavy atom. The molecule has 1 atom stereocenters. The predicted octanol–water partition coefficient (Wildman–Crippen LogP) is 1.95. The third-order valence-electron chi connectivity index (χ3n) is 2.01. The molecular weight excluding hydrogens is 210 g/mol. The smallest absolute Gasteiger partial charge is 0.346 e. The van der Waals surface area contributed by atoms with Gasteiger partial charge in [-0.25, -0.2) is 4.79 Å². The van der Waals surface area contributed by atoms with E-state index in [-0.39, 0.29) is 6.04 Å². The van der Waals surface area contributed by atoms with Crippen LogP contribution in [-0.2, 0) is 6.54 Å². The third kappa shape index (κ3) is 3.39. The second-order valence-electron chi connectivity index (χ2n) is 3.27. The molecule has 3 nitrogen and oxygen atoms in total. The summed E-state index contributed by atoms with van der Waals surface area (Å²) in [5.74, 6) is 1.69.